The molecule has 59 heavy (non-hydrogen) atoms. The Morgan fingerprint density at radius 2 is 0.542 bits per heavy atom. The molecule has 0 heterocycles. The molecule has 0 aliphatic rings. The van der Waals surface area contributed by atoms with Gasteiger partial charge < -0.3 is 37.2 Å². The zero-order chi connectivity index (χ0) is 42.6. The van der Waals surface area contributed by atoms with Gasteiger partial charge in [0.2, 0.25) is 0 Å². The maximum absolute atomic E-state index is 3.00. The first-order chi connectivity index (χ1) is 24.5. The fourth-order valence-corrected chi connectivity index (χ4v) is 35.1. The third-order valence-corrected chi connectivity index (χ3v) is 31.9. The molecule has 0 spiro atoms. The molecular formula is C48H81Cl3Si7Ti. The monoisotopic (exact) mass is 1010 g/mol. The van der Waals surface area contributed by atoms with E-state index >= 15 is 0 Å². The number of hydrogen-bond acceptors (Lipinski definition) is 0. The molecule has 4 aromatic rings. The molecule has 0 saturated carbocycles. The van der Waals surface area contributed by atoms with Gasteiger partial charge in [0.15, 0.2) is 8.07 Å². The summed E-state index contributed by atoms with van der Waals surface area (Å²) in [6, 6.07) is 16.2. The van der Waals surface area contributed by atoms with E-state index in [1.165, 1.54) is 22.3 Å². The van der Waals surface area contributed by atoms with Gasteiger partial charge in [-0.05, 0) is 36.3 Å². The second-order valence-corrected chi connectivity index (χ2v) is 57.3. The summed E-state index contributed by atoms with van der Waals surface area (Å²) in [7, 11) is -13.2. The average Bonchev–Trinajstić information content (AvgIpc) is 3.17. The minimum Gasteiger partial charge on any atom is -1.00 e. The topological polar surface area (TPSA) is 0 Å². The molecule has 0 aliphatic carbocycles. The Bertz CT molecular complexity index is 1920. The van der Waals surface area contributed by atoms with Crippen LogP contribution in [-0.2, 0) is 21.7 Å². The van der Waals surface area contributed by atoms with Gasteiger partial charge in [-0.2, -0.15) is 27.4 Å². The smallest absolute Gasteiger partial charge is 1.00 e. The summed E-state index contributed by atoms with van der Waals surface area (Å²) >= 11 is 0. The summed E-state index contributed by atoms with van der Waals surface area (Å²) in [6.07, 6.45) is 0. The molecule has 4 rings (SSSR count). The van der Waals surface area contributed by atoms with Crippen molar-refractivity contribution in [1.29, 1.82) is 0 Å². The van der Waals surface area contributed by atoms with Crippen molar-refractivity contribution >= 4 is 108 Å². The van der Waals surface area contributed by atoms with Gasteiger partial charge in [0.05, 0.1) is 48.4 Å². The van der Waals surface area contributed by atoms with Crippen LogP contribution in [-0.4, -0.2) is 56.5 Å². The van der Waals surface area contributed by atoms with Crippen molar-refractivity contribution in [3.05, 3.63) is 75.3 Å². The van der Waals surface area contributed by atoms with Gasteiger partial charge in [0, 0.05) is 0 Å². The van der Waals surface area contributed by atoms with Crippen LogP contribution < -0.4 is 89.1 Å². The van der Waals surface area contributed by atoms with E-state index in [-0.39, 0.29) is 58.9 Å². The predicted molar refractivity (Wildman–Crippen MR) is 277 cm³/mol. The van der Waals surface area contributed by atoms with Gasteiger partial charge in [0.1, 0.15) is 0 Å². The molecule has 0 aromatic heterocycles. The molecule has 0 aliphatic heterocycles. The molecule has 0 unspecified atom stereocenters. The number of rotatable bonds is 10. The SMILES string of the molecule is Cc1c([Si](c2ccc([Si](C)(C)C)c([Si](C)(C)C)c2C)(c2ccc([Si](C)(C)C)c([Si](C)(C)C)c2C)c2c(C)c(C)c(C)[c-]2C)ccc([Si](C)(C)C)c1[Si](C)(C)C.[Cl-].[Cl-].[Cl-].[Ti+4]. The Hall–Kier alpha value is 0.112. The molecule has 0 amide bonds. The van der Waals surface area contributed by atoms with Gasteiger partial charge in [-0.15, -0.1) is 0 Å². The second kappa shape index (κ2) is 19.3. The van der Waals surface area contributed by atoms with Crippen LogP contribution in [0.2, 0.25) is 118 Å². The van der Waals surface area contributed by atoms with Crippen LogP contribution in [0.15, 0.2) is 36.4 Å². The summed E-state index contributed by atoms with van der Waals surface area (Å²) in [5.74, 6) is 0. The summed E-state index contributed by atoms with van der Waals surface area (Å²) in [4.78, 5) is 0. The van der Waals surface area contributed by atoms with Crippen molar-refractivity contribution in [2.24, 2.45) is 0 Å². The van der Waals surface area contributed by atoms with Gasteiger partial charge in [-0.3, -0.25) is 0 Å². The molecule has 0 nitrogen and oxygen atoms in total. The van der Waals surface area contributed by atoms with Crippen molar-refractivity contribution in [3.8, 4) is 0 Å². The molecule has 326 valence electrons. The minimum absolute atomic E-state index is 0. The van der Waals surface area contributed by atoms with Gasteiger partial charge in [0.25, 0.3) is 0 Å². The number of hydrogen-bond donors (Lipinski definition) is 0. The van der Waals surface area contributed by atoms with Crippen molar-refractivity contribution in [2.45, 2.75) is 166 Å². The molecule has 4 aromatic carbocycles. The van der Waals surface area contributed by atoms with Gasteiger partial charge in [-0.25, -0.2) is 0 Å². The summed E-state index contributed by atoms with van der Waals surface area (Å²) in [6.45, 7) is 64.3. The molecular weight excluding hydrogens is 927 g/mol. The van der Waals surface area contributed by atoms with E-state index in [4.69, 9.17) is 0 Å². The van der Waals surface area contributed by atoms with Crippen LogP contribution in [0.5, 0.6) is 0 Å². The van der Waals surface area contributed by atoms with E-state index in [0.717, 1.165) is 0 Å². The van der Waals surface area contributed by atoms with Crippen molar-refractivity contribution in [2.75, 3.05) is 0 Å². The third kappa shape index (κ3) is 10.6. The quantitative estimate of drug-likeness (QED) is 0.111. The van der Waals surface area contributed by atoms with E-state index in [0.29, 0.717) is 0 Å². The molecule has 0 radical (unpaired) electrons. The standard InChI is InChI=1S/C48H81Si7.3ClH.Ti/c1-32-33(2)35(4)45(34(32)3)55(39-26-29-42(49(8,9)10)46(36(39)5)52(17,18)19,40-27-30-43(50(11,12)13)47(37(40)6)53(20,21)22)41-28-31-44(51(14,15)16)48(38(41)7)54(23,24)25;;;;/h26-31H,1-25H3;3*1H;/q-1;;;;+4/p-3. The molecule has 0 bridgehead atoms. The van der Waals surface area contributed by atoms with Gasteiger partial charge >= 0.3 is 21.7 Å². The molecule has 0 N–H and O–H groups in total. The summed E-state index contributed by atoms with van der Waals surface area (Å²) < 4.78 is 0. The predicted octanol–water partition coefficient (Wildman–Crippen LogP) is -0.777. The Labute approximate surface area is 405 Å². The maximum Gasteiger partial charge on any atom is 4.00 e. The Morgan fingerprint density at radius 1 is 0.322 bits per heavy atom. The molecule has 0 atom stereocenters. The number of benzene rings is 3. The zero-order valence-corrected chi connectivity index (χ0v) is 52.9. The number of halogens is 3. The van der Waals surface area contributed by atoms with E-state index < -0.39 is 56.5 Å². The Kier molecular flexibility index (Phi) is 19.3. The van der Waals surface area contributed by atoms with Crippen molar-refractivity contribution in [1.82, 2.24) is 0 Å². The maximum atomic E-state index is 2.72. The molecule has 0 fully saturated rings. The van der Waals surface area contributed by atoms with Crippen molar-refractivity contribution in [3.63, 3.8) is 0 Å². The fraction of sp³-hybridized carbons (Fsp3) is 0.521. The van der Waals surface area contributed by atoms with Gasteiger partial charge in [-0.1, -0.05) is 230 Å². The van der Waals surface area contributed by atoms with Crippen LogP contribution in [0.4, 0.5) is 0 Å². The average molecular weight is 1010 g/mol. The first-order valence-corrected chi connectivity index (χ1v) is 44.2. The summed E-state index contributed by atoms with van der Waals surface area (Å²) in [5, 5.41) is 17.0. The van der Waals surface area contributed by atoms with E-state index in [1.54, 1.807) is 68.6 Å². The molecule has 11 heteroatoms. The van der Waals surface area contributed by atoms with Crippen LogP contribution in [0.25, 0.3) is 0 Å². The molecule has 0 saturated heterocycles. The normalized spacial score (nSPS) is 13.0. The first-order valence-electron chi connectivity index (χ1n) is 21.2. The van der Waals surface area contributed by atoms with E-state index in [2.05, 4.69) is 203 Å². The van der Waals surface area contributed by atoms with Crippen molar-refractivity contribution < 1.29 is 58.9 Å². The minimum atomic E-state index is -3.00. The Balaban J connectivity index is 0.00000841. The third-order valence-electron chi connectivity index (χ3n) is 13.1. The first kappa shape index (κ1) is 59.1. The Morgan fingerprint density at radius 3 is 0.712 bits per heavy atom. The largest absolute Gasteiger partial charge is 4.00 e. The fourth-order valence-electron chi connectivity index (χ4n) is 10.7. The summed E-state index contributed by atoms with van der Waals surface area (Å²) in [5.41, 5.74) is 10.9. The second-order valence-electron chi connectivity index (χ2n) is 23.6. The van der Waals surface area contributed by atoms with E-state index in [9.17, 15) is 0 Å². The van der Waals surface area contributed by atoms with Crippen LogP contribution in [0, 0.1) is 48.5 Å². The van der Waals surface area contributed by atoms with E-state index in [1.807, 2.05) is 0 Å². The van der Waals surface area contributed by atoms with Crippen LogP contribution in [0.1, 0.15) is 38.9 Å². The van der Waals surface area contributed by atoms with Crippen LogP contribution >= 0.6 is 0 Å². The van der Waals surface area contributed by atoms with Crippen LogP contribution in [0.3, 0.4) is 0 Å². The zero-order valence-electron chi connectivity index (χ0n) is 42.1.